The lowest BCUT2D eigenvalue weighted by atomic mass is 9.94. The maximum Gasteiger partial charge on any atom is 0.194 e. The average molecular weight is 506 g/mol. The molecule has 0 aromatic heterocycles. The summed E-state index contributed by atoms with van der Waals surface area (Å²) in [5.74, 6) is 0.748. The van der Waals surface area contributed by atoms with Gasteiger partial charge in [0.15, 0.2) is 5.96 Å². The molecule has 3 rings (SSSR count). The summed E-state index contributed by atoms with van der Waals surface area (Å²) in [5, 5.41) is 3.42. The predicted octanol–water partition coefficient (Wildman–Crippen LogP) is 2.73. The van der Waals surface area contributed by atoms with Crippen LogP contribution in [0.25, 0.3) is 0 Å². The van der Waals surface area contributed by atoms with Gasteiger partial charge in [0.05, 0.1) is 12.1 Å². The molecule has 2 heterocycles. The van der Waals surface area contributed by atoms with Crippen LogP contribution in [0.4, 0.5) is 10.1 Å². The summed E-state index contributed by atoms with van der Waals surface area (Å²) in [4.78, 5) is 9.48. The highest BCUT2D eigenvalue weighted by Crippen LogP contribution is 2.25. The Morgan fingerprint density at radius 3 is 2.39 bits per heavy atom. The van der Waals surface area contributed by atoms with Crippen LogP contribution in [0, 0.1) is 5.82 Å². The largest absolute Gasteiger partial charge is 0.381 e. The fourth-order valence-electron chi connectivity index (χ4n) is 3.64. The van der Waals surface area contributed by atoms with Gasteiger partial charge >= 0.3 is 0 Å². The van der Waals surface area contributed by atoms with Crippen LogP contribution in [0.2, 0.25) is 0 Å². The Balaban J connectivity index is 0.00000280. The summed E-state index contributed by atoms with van der Waals surface area (Å²) in [6, 6.07) is 6.73. The normalized spacial score (nSPS) is 19.9. The molecule has 2 saturated heterocycles. The molecule has 158 valence electrons. The quantitative estimate of drug-likeness (QED) is 0.378. The zero-order valence-electron chi connectivity index (χ0n) is 16.8. The van der Waals surface area contributed by atoms with Crippen LogP contribution >= 0.6 is 24.0 Å². The highest BCUT2D eigenvalue weighted by atomic mass is 127. The molecule has 2 aliphatic rings. The minimum absolute atomic E-state index is 0. The first-order chi connectivity index (χ1) is 13.2. The van der Waals surface area contributed by atoms with E-state index in [1.807, 2.05) is 12.1 Å². The molecule has 0 atom stereocenters. The van der Waals surface area contributed by atoms with Crippen molar-refractivity contribution in [1.82, 2.24) is 10.2 Å². The van der Waals surface area contributed by atoms with Gasteiger partial charge < -0.3 is 24.6 Å². The Kier molecular flexibility index (Phi) is 9.23. The summed E-state index contributed by atoms with van der Waals surface area (Å²) < 4.78 is 24.4. The zero-order valence-corrected chi connectivity index (χ0v) is 19.2. The molecule has 28 heavy (non-hydrogen) atoms. The number of halogens is 2. The smallest absolute Gasteiger partial charge is 0.194 e. The second-order valence-electron chi connectivity index (χ2n) is 7.12. The van der Waals surface area contributed by atoms with E-state index < -0.39 is 0 Å². The van der Waals surface area contributed by atoms with Gasteiger partial charge in [-0.2, -0.15) is 0 Å². The van der Waals surface area contributed by atoms with E-state index in [9.17, 15) is 4.39 Å². The van der Waals surface area contributed by atoms with E-state index in [-0.39, 0.29) is 35.4 Å². The molecule has 8 heteroatoms. The van der Waals surface area contributed by atoms with Gasteiger partial charge in [-0.25, -0.2) is 4.39 Å². The number of anilines is 1. The number of nitrogens with zero attached hydrogens (tertiary/aromatic N) is 3. The van der Waals surface area contributed by atoms with Gasteiger partial charge in [0, 0.05) is 71.6 Å². The minimum Gasteiger partial charge on any atom is -0.381 e. The lowest BCUT2D eigenvalue weighted by Crippen LogP contribution is -2.53. The molecule has 0 aliphatic carbocycles. The molecule has 0 amide bonds. The van der Waals surface area contributed by atoms with Crippen LogP contribution in [0.3, 0.4) is 0 Å². The maximum atomic E-state index is 13.1. The molecule has 2 aliphatic heterocycles. The number of nitrogens with one attached hydrogen (secondary N) is 1. The number of methoxy groups -OCH3 is 1. The molecule has 0 radical (unpaired) electrons. The Morgan fingerprint density at radius 1 is 1.18 bits per heavy atom. The summed E-state index contributed by atoms with van der Waals surface area (Å²) in [6.45, 7) is 8.57. The van der Waals surface area contributed by atoms with E-state index in [0.717, 1.165) is 70.4 Å². The molecule has 1 aromatic rings. The Morgan fingerprint density at radius 2 is 1.82 bits per heavy atom. The number of ether oxygens (including phenoxy) is 2. The fraction of sp³-hybridized carbons (Fsp3) is 0.650. The number of piperazine rings is 1. The van der Waals surface area contributed by atoms with Crippen molar-refractivity contribution in [3.05, 3.63) is 30.1 Å². The number of benzene rings is 1. The minimum atomic E-state index is -0.213. The van der Waals surface area contributed by atoms with Crippen LogP contribution in [0.5, 0.6) is 0 Å². The van der Waals surface area contributed by atoms with Gasteiger partial charge in [0.25, 0.3) is 0 Å². The van der Waals surface area contributed by atoms with E-state index in [0.29, 0.717) is 6.54 Å². The van der Waals surface area contributed by atoms with Crippen molar-refractivity contribution in [1.29, 1.82) is 0 Å². The van der Waals surface area contributed by atoms with Gasteiger partial charge in [-0.3, -0.25) is 4.99 Å². The van der Waals surface area contributed by atoms with Crippen molar-refractivity contribution >= 4 is 35.6 Å². The van der Waals surface area contributed by atoms with Crippen LogP contribution < -0.4 is 10.2 Å². The van der Waals surface area contributed by atoms with E-state index in [4.69, 9.17) is 14.5 Å². The van der Waals surface area contributed by atoms with Gasteiger partial charge in [0.1, 0.15) is 5.82 Å². The monoisotopic (exact) mass is 506 g/mol. The first-order valence-electron chi connectivity index (χ1n) is 9.82. The third kappa shape index (κ3) is 5.93. The molecule has 1 N–H and O–H groups in total. The number of hydrogen-bond acceptors (Lipinski definition) is 4. The molecule has 0 unspecified atom stereocenters. The average Bonchev–Trinajstić information content (AvgIpc) is 2.72. The second-order valence-corrected chi connectivity index (χ2v) is 7.12. The van der Waals surface area contributed by atoms with Crippen molar-refractivity contribution < 1.29 is 13.9 Å². The van der Waals surface area contributed by atoms with Crippen LogP contribution in [0.1, 0.15) is 19.8 Å². The Bertz CT molecular complexity index is 615. The summed E-state index contributed by atoms with van der Waals surface area (Å²) >= 11 is 0. The van der Waals surface area contributed by atoms with Crippen LogP contribution in [-0.2, 0) is 9.47 Å². The Hall–Kier alpha value is -1.13. The highest BCUT2D eigenvalue weighted by Gasteiger charge is 2.32. The second kappa shape index (κ2) is 11.2. The molecule has 6 nitrogen and oxygen atoms in total. The lowest BCUT2D eigenvalue weighted by Gasteiger charge is -2.39. The van der Waals surface area contributed by atoms with Gasteiger partial charge in [-0.1, -0.05) is 0 Å². The summed E-state index contributed by atoms with van der Waals surface area (Å²) in [5.41, 5.74) is 0.855. The van der Waals surface area contributed by atoms with E-state index in [2.05, 4.69) is 22.0 Å². The molecular weight excluding hydrogens is 474 g/mol. The summed E-state index contributed by atoms with van der Waals surface area (Å²) in [6.07, 6.45) is 1.76. The first-order valence-corrected chi connectivity index (χ1v) is 9.82. The molecule has 0 spiro atoms. The van der Waals surface area contributed by atoms with E-state index >= 15 is 0 Å². The van der Waals surface area contributed by atoms with Crippen molar-refractivity contribution in [2.24, 2.45) is 4.99 Å². The zero-order chi connectivity index (χ0) is 19.1. The third-order valence-corrected chi connectivity index (χ3v) is 5.46. The highest BCUT2D eigenvalue weighted by molar-refractivity contribution is 14.0. The molecule has 0 saturated carbocycles. The molecule has 1 aromatic carbocycles. The van der Waals surface area contributed by atoms with Crippen molar-refractivity contribution in [2.75, 3.05) is 64.5 Å². The number of hydrogen-bond donors (Lipinski definition) is 1. The van der Waals surface area contributed by atoms with Crippen molar-refractivity contribution in [3.8, 4) is 0 Å². The summed E-state index contributed by atoms with van der Waals surface area (Å²) in [7, 11) is 1.77. The lowest BCUT2D eigenvalue weighted by molar-refractivity contribution is -0.0829. The van der Waals surface area contributed by atoms with E-state index in [1.54, 1.807) is 7.11 Å². The first kappa shape index (κ1) is 23.2. The topological polar surface area (TPSA) is 49.3 Å². The van der Waals surface area contributed by atoms with Gasteiger partial charge in [-0.05, 0) is 31.2 Å². The number of rotatable bonds is 5. The number of aliphatic imine (C=N–C) groups is 1. The van der Waals surface area contributed by atoms with Crippen molar-refractivity contribution in [3.63, 3.8) is 0 Å². The van der Waals surface area contributed by atoms with E-state index in [1.165, 1.54) is 12.1 Å². The van der Waals surface area contributed by atoms with Gasteiger partial charge in [-0.15, -0.1) is 24.0 Å². The van der Waals surface area contributed by atoms with Crippen LogP contribution in [0.15, 0.2) is 29.3 Å². The predicted molar refractivity (Wildman–Crippen MR) is 121 cm³/mol. The molecule has 2 fully saturated rings. The standard InChI is InChI=1S/C20H31FN4O2.HI/c1-3-22-19(23-16-20(26-2)8-14-27-15-9-20)25-12-10-24(11-13-25)18-6-4-17(21)5-7-18;/h4-7H,3,8-16H2,1-2H3,(H,22,23);1H. The SMILES string of the molecule is CCNC(=NCC1(OC)CCOCC1)N1CCN(c2ccc(F)cc2)CC1.I. The van der Waals surface area contributed by atoms with Gasteiger partial charge in [0.2, 0.25) is 0 Å². The maximum absolute atomic E-state index is 13.1. The third-order valence-electron chi connectivity index (χ3n) is 5.46. The molecular formula is C20H32FIN4O2. The van der Waals surface area contributed by atoms with Crippen molar-refractivity contribution in [2.45, 2.75) is 25.4 Å². The number of guanidine groups is 1. The fourth-order valence-corrected chi connectivity index (χ4v) is 3.64. The Labute approximate surface area is 184 Å². The molecule has 0 bridgehead atoms. The van der Waals surface area contributed by atoms with Crippen LogP contribution in [-0.4, -0.2) is 76.1 Å².